The van der Waals surface area contributed by atoms with Gasteiger partial charge < -0.3 is 15.7 Å². The molecule has 0 aromatic heterocycles. The van der Waals surface area contributed by atoms with Gasteiger partial charge in [0.25, 0.3) is 5.91 Å². The molecule has 1 amide bonds. The molecule has 4 heteroatoms. The highest BCUT2D eigenvalue weighted by molar-refractivity contribution is 5.81. The van der Waals surface area contributed by atoms with E-state index in [-0.39, 0.29) is 11.9 Å². The van der Waals surface area contributed by atoms with Crippen molar-refractivity contribution in [2.45, 2.75) is 88.9 Å². The number of amides is 1. The Bertz CT molecular complexity index is 358. The van der Waals surface area contributed by atoms with E-state index in [1.165, 1.54) is 32.1 Å². The van der Waals surface area contributed by atoms with E-state index < -0.39 is 6.10 Å². The molecule has 0 saturated heterocycles. The van der Waals surface area contributed by atoms with Crippen molar-refractivity contribution in [2.24, 2.45) is 11.8 Å². The summed E-state index contributed by atoms with van der Waals surface area (Å²) in [5, 5.41) is 16.9. The van der Waals surface area contributed by atoms with Crippen LogP contribution in [0.4, 0.5) is 0 Å². The second-order valence-corrected chi connectivity index (χ2v) is 7.41. The fourth-order valence-corrected chi connectivity index (χ4v) is 4.34. The van der Waals surface area contributed by atoms with Gasteiger partial charge in [0.15, 0.2) is 0 Å². The van der Waals surface area contributed by atoms with E-state index in [0.717, 1.165) is 37.5 Å². The van der Waals surface area contributed by atoms with Crippen LogP contribution in [0.1, 0.15) is 64.7 Å². The van der Waals surface area contributed by atoms with Crippen LogP contribution >= 0.6 is 0 Å². The fraction of sp³-hybridized carbons (Fsp3) is 0.941. The summed E-state index contributed by atoms with van der Waals surface area (Å²) in [4.78, 5) is 12.1. The Hall–Kier alpha value is -0.610. The van der Waals surface area contributed by atoms with Crippen LogP contribution in [-0.2, 0) is 4.79 Å². The van der Waals surface area contributed by atoms with Gasteiger partial charge in [-0.1, -0.05) is 32.6 Å². The smallest absolute Gasteiger partial charge is 0.250 e. The third-order valence-corrected chi connectivity index (χ3v) is 5.61. The monoisotopic (exact) mass is 294 g/mol. The second kappa shape index (κ2) is 6.66. The number of aliphatic hydroxyl groups is 1. The van der Waals surface area contributed by atoms with E-state index in [1.807, 2.05) is 0 Å². The number of nitrogens with one attached hydrogen (secondary N) is 2. The summed E-state index contributed by atoms with van der Waals surface area (Å²) in [5.41, 5.74) is 0. The minimum atomic E-state index is -0.897. The Kier molecular flexibility index (Phi) is 4.85. The second-order valence-electron chi connectivity index (χ2n) is 7.41. The van der Waals surface area contributed by atoms with E-state index in [4.69, 9.17) is 0 Å². The van der Waals surface area contributed by atoms with Crippen molar-refractivity contribution in [3.05, 3.63) is 0 Å². The molecule has 3 N–H and O–H groups in total. The van der Waals surface area contributed by atoms with Gasteiger partial charge in [-0.3, -0.25) is 4.79 Å². The molecule has 3 aliphatic carbocycles. The maximum atomic E-state index is 12.1. The molecular weight excluding hydrogens is 264 g/mol. The molecule has 0 radical (unpaired) electrons. The Balaban J connectivity index is 1.52. The number of hydrogen-bond donors (Lipinski definition) is 3. The first-order valence-corrected chi connectivity index (χ1v) is 8.92. The third-order valence-electron chi connectivity index (χ3n) is 5.61. The zero-order valence-electron chi connectivity index (χ0n) is 13.2. The van der Waals surface area contributed by atoms with Crippen LogP contribution in [0.3, 0.4) is 0 Å². The van der Waals surface area contributed by atoms with Crippen molar-refractivity contribution < 1.29 is 9.90 Å². The Morgan fingerprint density at radius 2 is 1.81 bits per heavy atom. The largest absolute Gasteiger partial charge is 0.382 e. The van der Waals surface area contributed by atoms with E-state index in [2.05, 4.69) is 17.6 Å². The van der Waals surface area contributed by atoms with Crippen molar-refractivity contribution in [3.8, 4) is 0 Å². The summed E-state index contributed by atoms with van der Waals surface area (Å²) < 4.78 is 0. The van der Waals surface area contributed by atoms with Crippen LogP contribution in [0.15, 0.2) is 0 Å². The summed E-state index contributed by atoms with van der Waals surface area (Å²) in [7, 11) is 0. The Morgan fingerprint density at radius 1 is 1.14 bits per heavy atom. The molecule has 3 saturated carbocycles. The molecule has 0 spiro atoms. The normalized spacial score (nSPS) is 34.5. The van der Waals surface area contributed by atoms with Crippen LogP contribution in [0, 0.1) is 11.8 Å². The molecule has 5 atom stereocenters. The van der Waals surface area contributed by atoms with Crippen LogP contribution in [0.25, 0.3) is 0 Å². The average molecular weight is 294 g/mol. The molecule has 120 valence electrons. The molecule has 0 heterocycles. The van der Waals surface area contributed by atoms with Crippen molar-refractivity contribution in [2.75, 3.05) is 0 Å². The van der Waals surface area contributed by atoms with Gasteiger partial charge in [-0.25, -0.2) is 0 Å². The summed E-state index contributed by atoms with van der Waals surface area (Å²) in [6.07, 6.45) is 9.73. The van der Waals surface area contributed by atoms with Crippen LogP contribution in [0.2, 0.25) is 0 Å². The third kappa shape index (κ3) is 3.78. The first kappa shape index (κ1) is 15.3. The lowest BCUT2D eigenvalue weighted by Crippen LogP contribution is -2.51. The van der Waals surface area contributed by atoms with E-state index in [9.17, 15) is 9.90 Å². The number of fused-ring (bicyclic) bond motifs is 1. The van der Waals surface area contributed by atoms with Gasteiger partial charge in [0.1, 0.15) is 6.10 Å². The lowest BCUT2D eigenvalue weighted by molar-refractivity contribution is -0.131. The van der Waals surface area contributed by atoms with E-state index in [1.54, 1.807) is 0 Å². The minimum Gasteiger partial charge on any atom is -0.382 e. The highest BCUT2D eigenvalue weighted by atomic mass is 16.3. The highest BCUT2D eigenvalue weighted by Gasteiger charge is 2.39. The van der Waals surface area contributed by atoms with Gasteiger partial charge in [0.05, 0.1) is 0 Å². The average Bonchev–Trinajstić information content (AvgIpc) is 3.02. The zero-order valence-corrected chi connectivity index (χ0v) is 13.2. The van der Waals surface area contributed by atoms with Crippen molar-refractivity contribution in [3.63, 3.8) is 0 Å². The number of carbonyl (C=O) groups excluding carboxylic acids is 1. The molecule has 3 rings (SSSR count). The fourth-order valence-electron chi connectivity index (χ4n) is 4.34. The molecule has 0 aromatic rings. The maximum absolute atomic E-state index is 12.1. The number of carbonyl (C=O) groups is 1. The topological polar surface area (TPSA) is 61.4 Å². The van der Waals surface area contributed by atoms with Gasteiger partial charge in [-0.2, -0.15) is 0 Å². The molecule has 3 aliphatic rings. The van der Waals surface area contributed by atoms with Crippen LogP contribution in [-0.4, -0.2) is 35.2 Å². The van der Waals surface area contributed by atoms with Gasteiger partial charge in [-0.15, -0.1) is 0 Å². The minimum absolute atomic E-state index is 0.0856. The molecule has 21 heavy (non-hydrogen) atoms. The van der Waals surface area contributed by atoms with Crippen LogP contribution in [0.5, 0.6) is 0 Å². The predicted octanol–water partition coefficient (Wildman–Crippen LogP) is 1.96. The number of aliphatic hydroxyl groups excluding tert-OH is 1. The summed E-state index contributed by atoms with van der Waals surface area (Å²) in [5.74, 6) is 1.60. The highest BCUT2D eigenvalue weighted by Crippen LogP contribution is 2.44. The predicted molar refractivity (Wildman–Crippen MR) is 82.9 cm³/mol. The Morgan fingerprint density at radius 3 is 2.38 bits per heavy atom. The summed E-state index contributed by atoms with van der Waals surface area (Å²) in [6, 6.07) is 0.734. The maximum Gasteiger partial charge on any atom is 0.250 e. The molecule has 4 nitrogen and oxygen atoms in total. The first-order valence-electron chi connectivity index (χ1n) is 8.92. The molecule has 3 fully saturated rings. The van der Waals surface area contributed by atoms with Crippen molar-refractivity contribution in [1.82, 2.24) is 10.6 Å². The summed E-state index contributed by atoms with van der Waals surface area (Å²) >= 11 is 0. The molecule has 2 unspecified atom stereocenters. The van der Waals surface area contributed by atoms with E-state index >= 15 is 0 Å². The standard InChI is InChI=1S/C17H30N2O2/c1-2-4-15(16(20)17(21)19-13-7-8-13)18-14-9-11-5-3-6-12(11)10-14/h11-16,18,20H,2-10H2,1H3,(H,19,21)/t11-,12+,14?,15-,16?/m0/s1. The number of hydrogen-bond acceptors (Lipinski definition) is 3. The molecule has 0 bridgehead atoms. The first-order chi connectivity index (χ1) is 10.2. The zero-order chi connectivity index (χ0) is 14.8. The lowest BCUT2D eigenvalue weighted by atomic mass is 10.0. The van der Waals surface area contributed by atoms with Gasteiger partial charge >= 0.3 is 0 Å². The van der Waals surface area contributed by atoms with E-state index in [0.29, 0.717) is 12.1 Å². The van der Waals surface area contributed by atoms with Gasteiger partial charge in [-0.05, 0) is 43.9 Å². The quantitative estimate of drug-likeness (QED) is 0.673. The SMILES string of the molecule is CCC[C@H](NC1C[C@H]2CCC[C@H]2C1)C(O)C(=O)NC1CC1. The van der Waals surface area contributed by atoms with Crippen molar-refractivity contribution in [1.29, 1.82) is 0 Å². The molecule has 0 aromatic carbocycles. The van der Waals surface area contributed by atoms with Gasteiger partial charge in [0.2, 0.25) is 0 Å². The Labute approximate surface area is 128 Å². The summed E-state index contributed by atoms with van der Waals surface area (Å²) in [6.45, 7) is 2.11. The molecule has 0 aliphatic heterocycles. The lowest BCUT2D eigenvalue weighted by Gasteiger charge is -2.27. The van der Waals surface area contributed by atoms with Gasteiger partial charge in [0, 0.05) is 18.1 Å². The van der Waals surface area contributed by atoms with Crippen LogP contribution < -0.4 is 10.6 Å². The number of rotatable bonds is 7. The molecular formula is C17H30N2O2. The van der Waals surface area contributed by atoms with Crippen molar-refractivity contribution >= 4 is 5.91 Å².